The van der Waals surface area contributed by atoms with Crippen LogP contribution in [0.4, 0.5) is 11.4 Å². The van der Waals surface area contributed by atoms with Gasteiger partial charge in [0.1, 0.15) is 23.4 Å². The average molecular weight is 421 g/mol. The lowest BCUT2D eigenvalue weighted by Gasteiger charge is -2.27. The van der Waals surface area contributed by atoms with Crippen LogP contribution in [0.3, 0.4) is 0 Å². The van der Waals surface area contributed by atoms with Gasteiger partial charge in [-0.3, -0.25) is 9.79 Å². The van der Waals surface area contributed by atoms with Gasteiger partial charge >= 0.3 is 0 Å². The molecule has 0 radical (unpaired) electrons. The normalized spacial score (nSPS) is 22.5. The van der Waals surface area contributed by atoms with Crippen LogP contribution in [0.2, 0.25) is 0 Å². The SMILES string of the molecule is CN=C1C(=C2Cc3ccccc3N2)C(=O)C(CC(C)O)N1c1cc(OC)cc(OC)c1. The van der Waals surface area contributed by atoms with E-state index in [-0.39, 0.29) is 12.2 Å². The van der Waals surface area contributed by atoms with Gasteiger partial charge in [0.15, 0.2) is 5.78 Å². The molecule has 0 saturated carbocycles. The van der Waals surface area contributed by atoms with E-state index in [0.717, 1.165) is 22.6 Å². The van der Waals surface area contributed by atoms with Gasteiger partial charge in [-0.05, 0) is 18.6 Å². The molecule has 0 aliphatic carbocycles. The minimum atomic E-state index is -0.653. The van der Waals surface area contributed by atoms with E-state index in [1.807, 2.05) is 35.2 Å². The third-order valence-corrected chi connectivity index (χ3v) is 5.67. The van der Waals surface area contributed by atoms with Crippen molar-refractivity contribution in [3.8, 4) is 11.5 Å². The van der Waals surface area contributed by atoms with Crippen molar-refractivity contribution in [3.63, 3.8) is 0 Å². The van der Waals surface area contributed by atoms with E-state index in [4.69, 9.17) is 9.47 Å². The molecule has 2 heterocycles. The Morgan fingerprint density at radius 1 is 1.19 bits per heavy atom. The summed E-state index contributed by atoms with van der Waals surface area (Å²) >= 11 is 0. The molecule has 2 atom stereocenters. The van der Waals surface area contributed by atoms with Crippen LogP contribution in [0, 0.1) is 0 Å². The molecule has 0 bridgehead atoms. The number of ether oxygens (including phenoxy) is 2. The molecule has 4 rings (SSSR count). The fraction of sp³-hybridized carbons (Fsp3) is 0.333. The zero-order chi connectivity index (χ0) is 22.1. The number of anilines is 2. The van der Waals surface area contributed by atoms with Crippen LogP contribution in [0.1, 0.15) is 18.9 Å². The Bertz CT molecular complexity index is 1020. The monoisotopic (exact) mass is 421 g/mol. The molecule has 0 spiro atoms. The number of carbonyl (C=O) groups is 1. The zero-order valence-corrected chi connectivity index (χ0v) is 18.2. The topological polar surface area (TPSA) is 83.4 Å². The van der Waals surface area contributed by atoms with Crippen molar-refractivity contribution in [3.05, 3.63) is 59.3 Å². The number of hydrogen-bond acceptors (Lipinski definition) is 6. The van der Waals surface area contributed by atoms with E-state index in [2.05, 4.69) is 16.4 Å². The van der Waals surface area contributed by atoms with Gasteiger partial charge in [0.05, 0.1) is 31.6 Å². The highest BCUT2D eigenvalue weighted by Gasteiger charge is 2.45. The van der Waals surface area contributed by atoms with Crippen molar-refractivity contribution >= 4 is 23.0 Å². The Labute approximate surface area is 182 Å². The summed E-state index contributed by atoms with van der Waals surface area (Å²) in [5, 5.41) is 13.6. The maximum atomic E-state index is 13.6. The molecule has 1 fully saturated rings. The first kappa shape index (κ1) is 20.9. The number of fused-ring (bicyclic) bond motifs is 1. The van der Waals surface area contributed by atoms with Gasteiger partial charge in [0.2, 0.25) is 0 Å². The molecule has 2 aliphatic heterocycles. The number of nitrogens with one attached hydrogen (secondary N) is 1. The largest absolute Gasteiger partial charge is 0.497 e. The molecular formula is C24H27N3O4. The molecule has 0 amide bonds. The molecule has 0 aromatic heterocycles. The van der Waals surface area contributed by atoms with Crippen LogP contribution >= 0.6 is 0 Å². The lowest BCUT2D eigenvalue weighted by atomic mass is 10.0. The summed E-state index contributed by atoms with van der Waals surface area (Å²) in [4.78, 5) is 20.0. The molecule has 162 valence electrons. The number of amidine groups is 1. The second kappa shape index (κ2) is 8.43. The van der Waals surface area contributed by atoms with Crippen LogP contribution in [-0.4, -0.2) is 50.1 Å². The maximum absolute atomic E-state index is 13.6. The Hall–Kier alpha value is -3.32. The number of allylic oxidation sites excluding steroid dienone is 1. The zero-order valence-electron chi connectivity index (χ0n) is 18.2. The number of ketones is 1. The number of carbonyl (C=O) groups excluding carboxylic acids is 1. The number of para-hydroxylation sites is 1. The highest BCUT2D eigenvalue weighted by atomic mass is 16.5. The first-order valence-electron chi connectivity index (χ1n) is 10.3. The summed E-state index contributed by atoms with van der Waals surface area (Å²) in [7, 11) is 4.85. The van der Waals surface area contributed by atoms with E-state index in [9.17, 15) is 9.90 Å². The number of aliphatic hydroxyl groups is 1. The predicted molar refractivity (Wildman–Crippen MR) is 121 cm³/mol. The third kappa shape index (κ3) is 3.77. The molecule has 2 unspecified atom stereocenters. The second-order valence-corrected chi connectivity index (χ2v) is 7.77. The number of benzene rings is 2. The molecule has 1 saturated heterocycles. The number of aliphatic imine (C=N–C) groups is 1. The van der Waals surface area contributed by atoms with Gasteiger partial charge in [-0.1, -0.05) is 18.2 Å². The molecular weight excluding hydrogens is 394 g/mol. The molecule has 2 aliphatic rings. The summed E-state index contributed by atoms with van der Waals surface area (Å²) in [6, 6.07) is 12.9. The maximum Gasteiger partial charge on any atom is 0.191 e. The van der Waals surface area contributed by atoms with Gasteiger partial charge in [0.25, 0.3) is 0 Å². The summed E-state index contributed by atoms with van der Waals surface area (Å²) in [5.41, 5.74) is 4.26. The van der Waals surface area contributed by atoms with E-state index in [1.165, 1.54) is 0 Å². The van der Waals surface area contributed by atoms with E-state index in [1.54, 1.807) is 34.3 Å². The fourth-order valence-electron chi connectivity index (χ4n) is 4.28. The fourth-order valence-corrected chi connectivity index (χ4v) is 4.28. The van der Waals surface area contributed by atoms with E-state index in [0.29, 0.717) is 29.3 Å². The summed E-state index contributed by atoms with van der Waals surface area (Å²) < 4.78 is 10.9. The minimum Gasteiger partial charge on any atom is -0.497 e. The Balaban J connectivity index is 1.85. The smallest absolute Gasteiger partial charge is 0.191 e. The Kier molecular flexibility index (Phi) is 5.69. The van der Waals surface area contributed by atoms with Crippen LogP contribution in [0.15, 0.2) is 58.7 Å². The molecule has 2 aromatic carbocycles. The first-order valence-corrected chi connectivity index (χ1v) is 10.3. The van der Waals surface area contributed by atoms with Gasteiger partial charge in [0, 0.05) is 49.5 Å². The van der Waals surface area contributed by atoms with Crippen molar-refractivity contribution in [2.24, 2.45) is 4.99 Å². The summed E-state index contributed by atoms with van der Waals surface area (Å²) in [6.45, 7) is 1.69. The van der Waals surface area contributed by atoms with Crippen LogP contribution in [-0.2, 0) is 11.2 Å². The number of methoxy groups -OCH3 is 2. The van der Waals surface area contributed by atoms with Gasteiger partial charge in [-0.15, -0.1) is 0 Å². The van der Waals surface area contributed by atoms with Gasteiger partial charge in [-0.2, -0.15) is 0 Å². The third-order valence-electron chi connectivity index (χ3n) is 5.67. The van der Waals surface area contributed by atoms with E-state index >= 15 is 0 Å². The number of hydrogen-bond donors (Lipinski definition) is 2. The minimum absolute atomic E-state index is 0.0569. The number of rotatable bonds is 5. The molecule has 31 heavy (non-hydrogen) atoms. The summed E-state index contributed by atoms with van der Waals surface area (Å²) in [6.07, 6.45) is 0.258. The second-order valence-electron chi connectivity index (χ2n) is 7.77. The standard InChI is InChI=1S/C24H27N3O4/c1-14(28)9-21-23(29)22(20-10-15-7-5-6-8-19(15)26-20)24(25-2)27(21)16-11-17(30-3)13-18(12-16)31-4/h5-8,11-14,21,26,28H,9-10H2,1-4H3. The van der Waals surface area contributed by atoms with Gasteiger partial charge in [-0.25, -0.2) is 0 Å². The van der Waals surface area contributed by atoms with Gasteiger partial charge < -0.3 is 24.8 Å². The average Bonchev–Trinajstić information content (AvgIpc) is 3.31. The first-order chi connectivity index (χ1) is 15.0. The highest BCUT2D eigenvalue weighted by molar-refractivity contribution is 6.36. The van der Waals surface area contributed by atoms with Crippen molar-refractivity contribution < 1.29 is 19.4 Å². The van der Waals surface area contributed by atoms with Crippen molar-refractivity contribution in [2.45, 2.75) is 31.9 Å². The predicted octanol–water partition coefficient (Wildman–Crippen LogP) is 3.18. The number of Topliss-reactive ketones (excluding diaryl/α,β-unsaturated/α-hetero) is 1. The molecule has 7 heteroatoms. The Morgan fingerprint density at radius 2 is 1.87 bits per heavy atom. The molecule has 2 aromatic rings. The number of aliphatic hydroxyl groups excluding tert-OH is 1. The van der Waals surface area contributed by atoms with Crippen molar-refractivity contribution in [1.29, 1.82) is 0 Å². The lowest BCUT2D eigenvalue weighted by molar-refractivity contribution is -0.116. The lowest BCUT2D eigenvalue weighted by Crippen LogP contribution is -2.37. The van der Waals surface area contributed by atoms with Crippen LogP contribution in [0.25, 0.3) is 0 Å². The number of nitrogens with zero attached hydrogens (tertiary/aromatic N) is 2. The quantitative estimate of drug-likeness (QED) is 0.722. The van der Waals surface area contributed by atoms with Crippen molar-refractivity contribution in [1.82, 2.24) is 0 Å². The van der Waals surface area contributed by atoms with E-state index < -0.39 is 12.1 Å². The Morgan fingerprint density at radius 3 is 2.45 bits per heavy atom. The molecule has 7 nitrogen and oxygen atoms in total. The van der Waals surface area contributed by atoms with Crippen LogP contribution < -0.4 is 19.7 Å². The van der Waals surface area contributed by atoms with Crippen LogP contribution in [0.5, 0.6) is 11.5 Å². The molecule has 2 N–H and O–H groups in total. The summed E-state index contributed by atoms with van der Waals surface area (Å²) in [5.74, 6) is 1.74. The highest BCUT2D eigenvalue weighted by Crippen LogP contribution is 2.39. The van der Waals surface area contributed by atoms with Crippen molar-refractivity contribution in [2.75, 3.05) is 31.5 Å².